The number of hydrogen-bond acceptors (Lipinski definition) is 5. The molecule has 0 aromatic rings. The molecule has 2 aliphatic heterocycles. The Labute approximate surface area is 257 Å². The Kier molecular flexibility index (Phi) is 14.4. The third-order valence-corrected chi connectivity index (χ3v) is 11.2. The summed E-state index contributed by atoms with van der Waals surface area (Å²) >= 11 is 6.91. The van der Waals surface area contributed by atoms with Gasteiger partial charge in [-0.25, -0.2) is 0 Å². The van der Waals surface area contributed by atoms with Gasteiger partial charge >= 0.3 is 0 Å². The van der Waals surface area contributed by atoms with Crippen LogP contribution in [0.3, 0.4) is 0 Å². The molecule has 1 aliphatic carbocycles. The lowest BCUT2D eigenvalue weighted by Gasteiger charge is -2.52. The van der Waals surface area contributed by atoms with Crippen LogP contribution in [0.15, 0.2) is 0 Å². The fourth-order valence-corrected chi connectivity index (χ4v) is 8.71. The van der Waals surface area contributed by atoms with Crippen LogP contribution in [0.25, 0.3) is 0 Å². The van der Waals surface area contributed by atoms with Gasteiger partial charge in [-0.2, -0.15) is 0 Å². The van der Waals surface area contributed by atoms with E-state index in [-0.39, 0.29) is 29.4 Å². The molecule has 0 aromatic heterocycles. The van der Waals surface area contributed by atoms with E-state index >= 15 is 0 Å². The maximum absolute atomic E-state index is 13.7. The molecule has 1 saturated carbocycles. The van der Waals surface area contributed by atoms with Crippen molar-refractivity contribution in [1.29, 1.82) is 0 Å². The van der Waals surface area contributed by atoms with Gasteiger partial charge in [-0.05, 0) is 70.8 Å². The molecule has 3 rings (SSSR count). The Morgan fingerprint density at radius 3 is 2.41 bits per heavy atom. The van der Waals surface area contributed by atoms with Crippen LogP contribution in [0, 0.1) is 23.2 Å². The fourth-order valence-electron chi connectivity index (χ4n) is 8.24. The zero-order valence-corrected chi connectivity index (χ0v) is 28.0. The average Bonchev–Trinajstić information content (AvgIpc) is 2.94. The largest absolute Gasteiger partial charge is 0.378 e. The minimum Gasteiger partial charge on any atom is -0.378 e. The van der Waals surface area contributed by atoms with Gasteiger partial charge < -0.3 is 19.7 Å². The lowest BCUT2D eigenvalue weighted by atomic mass is 9.64. The standard InChI is InChI=1S/C34H62ClN3O3/c1-7-9-10-11-12-13-14-16-38-26(4)18-25(3)31(33(38)40)22-36-23-34(24-39)21-29(35)20-32(28(34)6)37(8-2)30-15-17-41-27(5)19-30/h24-32,36H,7-23H2,1-6H3. The number of ether oxygens (including phenoxy) is 1. The zero-order valence-electron chi connectivity index (χ0n) is 27.2. The van der Waals surface area contributed by atoms with Crippen molar-refractivity contribution in [2.45, 2.75) is 148 Å². The normalized spacial score (nSPS) is 36.6. The number of rotatable bonds is 16. The van der Waals surface area contributed by atoms with Crippen molar-refractivity contribution in [2.75, 3.05) is 32.8 Å². The Hall–Kier alpha value is -0.690. The van der Waals surface area contributed by atoms with Gasteiger partial charge in [0.25, 0.3) is 0 Å². The third kappa shape index (κ3) is 9.16. The molecule has 0 radical (unpaired) electrons. The smallest absolute Gasteiger partial charge is 0.227 e. The van der Waals surface area contributed by atoms with Gasteiger partial charge in [0.05, 0.1) is 12.0 Å². The first-order valence-electron chi connectivity index (χ1n) is 17.2. The molecule has 7 heteroatoms. The predicted octanol–water partition coefficient (Wildman–Crippen LogP) is 6.68. The van der Waals surface area contributed by atoms with Crippen molar-refractivity contribution in [3.8, 4) is 0 Å². The van der Waals surface area contributed by atoms with Gasteiger partial charge in [-0.15, -0.1) is 11.6 Å². The molecule has 238 valence electrons. The minimum atomic E-state index is -0.523. The molecule has 3 aliphatic rings. The van der Waals surface area contributed by atoms with Crippen LogP contribution in [-0.2, 0) is 14.3 Å². The average molecular weight is 596 g/mol. The van der Waals surface area contributed by atoms with Gasteiger partial charge in [-0.1, -0.05) is 66.2 Å². The molecule has 9 atom stereocenters. The van der Waals surface area contributed by atoms with Crippen LogP contribution < -0.4 is 5.32 Å². The van der Waals surface area contributed by atoms with Crippen molar-refractivity contribution >= 4 is 23.8 Å². The van der Waals surface area contributed by atoms with Gasteiger partial charge in [0, 0.05) is 55.2 Å². The molecular formula is C34H62ClN3O3. The number of nitrogens with one attached hydrogen (secondary N) is 1. The lowest BCUT2D eigenvalue weighted by molar-refractivity contribution is -0.144. The number of hydrogen-bond donors (Lipinski definition) is 1. The van der Waals surface area contributed by atoms with E-state index in [4.69, 9.17) is 16.3 Å². The summed E-state index contributed by atoms with van der Waals surface area (Å²) in [6, 6.07) is 1.05. The summed E-state index contributed by atoms with van der Waals surface area (Å²) in [5, 5.41) is 3.62. The molecule has 0 bridgehead atoms. The first-order valence-corrected chi connectivity index (χ1v) is 17.6. The van der Waals surface area contributed by atoms with Crippen molar-refractivity contribution in [1.82, 2.24) is 15.1 Å². The van der Waals surface area contributed by atoms with E-state index < -0.39 is 5.41 Å². The van der Waals surface area contributed by atoms with Crippen molar-refractivity contribution < 1.29 is 14.3 Å². The molecule has 6 nitrogen and oxygen atoms in total. The highest BCUT2D eigenvalue weighted by molar-refractivity contribution is 6.20. The summed E-state index contributed by atoms with van der Waals surface area (Å²) < 4.78 is 5.84. The number of halogens is 1. The molecular weight excluding hydrogens is 534 g/mol. The first-order chi connectivity index (χ1) is 19.7. The van der Waals surface area contributed by atoms with Gasteiger partial charge in [-0.3, -0.25) is 9.69 Å². The maximum atomic E-state index is 13.7. The SMILES string of the molecule is CCCCCCCCCN1C(=O)C(CNCC2(C=O)CC(Cl)CC(N(CC)C3CCOC(C)C3)C2C)C(C)CC1C. The number of carbonyl (C=O) groups excluding carboxylic acids is 2. The Morgan fingerprint density at radius 1 is 1.05 bits per heavy atom. The highest BCUT2D eigenvalue weighted by atomic mass is 35.5. The van der Waals surface area contributed by atoms with Crippen molar-refractivity contribution in [3.05, 3.63) is 0 Å². The maximum Gasteiger partial charge on any atom is 0.227 e. The molecule has 9 unspecified atom stereocenters. The summed E-state index contributed by atoms with van der Waals surface area (Å²) in [4.78, 5) is 31.3. The highest BCUT2D eigenvalue weighted by Crippen LogP contribution is 2.44. The molecule has 2 saturated heterocycles. The minimum absolute atomic E-state index is 0.0249. The number of carbonyl (C=O) groups is 2. The van der Waals surface area contributed by atoms with Crippen molar-refractivity contribution in [2.24, 2.45) is 23.2 Å². The van der Waals surface area contributed by atoms with E-state index in [1.54, 1.807) is 0 Å². The number of aldehydes is 1. The molecule has 0 spiro atoms. The van der Waals surface area contributed by atoms with Crippen LogP contribution >= 0.6 is 11.6 Å². The third-order valence-electron chi connectivity index (χ3n) is 10.9. The van der Waals surface area contributed by atoms with Crippen LogP contribution in [0.5, 0.6) is 0 Å². The Bertz CT molecular complexity index is 799. The molecule has 1 amide bonds. The fraction of sp³-hybridized carbons (Fsp3) is 0.941. The van der Waals surface area contributed by atoms with Gasteiger partial charge in [0.2, 0.25) is 5.91 Å². The summed E-state index contributed by atoms with van der Waals surface area (Å²) in [6.07, 6.45) is 15.0. The summed E-state index contributed by atoms with van der Waals surface area (Å²) in [7, 11) is 0. The van der Waals surface area contributed by atoms with Gasteiger partial charge in [0.1, 0.15) is 6.29 Å². The molecule has 1 N–H and O–H groups in total. The van der Waals surface area contributed by atoms with E-state index in [9.17, 15) is 9.59 Å². The quantitative estimate of drug-likeness (QED) is 0.122. The number of alkyl halides is 1. The van der Waals surface area contributed by atoms with Crippen LogP contribution in [-0.4, -0.2) is 84.4 Å². The highest BCUT2D eigenvalue weighted by Gasteiger charge is 2.49. The second-order valence-electron chi connectivity index (χ2n) is 13.9. The van der Waals surface area contributed by atoms with Crippen molar-refractivity contribution in [3.63, 3.8) is 0 Å². The summed E-state index contributed by atoms with van der Waals surface area (Å²) in [5.74, 6) is 0.794. The topological polar surface area (TPSA) is 61.9 Å². The van der Waals surface area contributed by atoms with E-state index in [1.807, 2.05) is 0 Å². The second-order valence-corrected chi connectivity index (χ2v) is 14.5. The van der Waals surface area contributed by atoms with E-state index in [1.165, 1.54) is 44.8 Å². The van der Waals surface area contributed by atoms with Crippen LogP contribution in [0.4, 0.5) is 0 Å². The number of piperidine rings is 1. The van der Waals surface area contributed by atoms with E-state index in [2.05, 4.69) is 56.7 Å². The van der Waals surface area contributed by atoms with E-state index in [0.29, 0.717) is 43.4 Å². The Morgan fingerprint density at radius 2 is 1.76 bits per heavy atom. The zero-order chi connectivity index (χ0) is 30.0. The lowest BCUT2D eigenvalue weighted by Crippen LogP contribution is -2.59. The molecule has 3 fully saturated rings. The number of likely N-dealkylation sites (tertiary alicyclic amines) is 1. The predicted molar refractivity (Wildman–Crippen MR) is 170 cm³/mol. The second kappa shape index (κ2) is 17.0. The van der Waals surface area contributed by atoms with Crippen LogP contribution in [0.1, 0.15) is 119 Å². The molecule has 41 heavy (non-hydrogen) atoms. The number of unbranched alkanes of at least 4 members (excludes halogenated alkanes) is 6. The number of nitrogens with zero attached hydrogens (tertiary/aromatic N) is 2. The number of amides is 1. The summed E-state index contributed by atoms with van der Waals surface area (Å²) in [6.45, 7) is 17.2. The van der Waals surface area contributed by atoms with Crippen LogP contribution in [0.2, 0.25) is 0 Å². The summed E-state index contributed by atoms with van der Waals surface area (Å²) in [5.41, 5.74) is -0.523. The van der Waals surface area contributed by atoms with E-state index in [0.717, 1.165) is 51.8 Å². The Balaban J connectivity index is 1.59. The molecule has 2 heterocycles. The molecule has 0 aromatic carbocycles. The first kappa shape index (κ1) is 34.8. The monoisotopic (exact) mass is 595 g/mol. The van der Waals surface area contributed by atoms with Gasteiger partial charge in [0.15, 0.2) is 0 Å².